The molecule has 1 aliphatic rings. The number of hydrogen-bond acceptors (Lipinski definition) is 2. The molecule has 0 bridgehead atoms. The predicted molar refractivity (Wildman–Crippen MR) is 69.9 cm³/mol. The summed E-state index contributed by atoms with van der Waals surface area (Å²) < 4.78 is 0. The summed E-state index contributed by atoms with van der Waals surface area (Å²) in [7, 11) is 0. The highest BCUT2D eigenvalue weighted by atomic mass is 16.4. The first-order chi connectivity index (χ1) is 8.91. The van der Waals surface area contributed by atoms with Crippen LogP contribution in [0.15, 0.2) is 42.5 Å². The van der Waals surface area contributed by atoms with Crippen molar-refractivity contribution in [1.29, 1.82) is 0 Å². The first-order valence-corrected chi connectivity index (χ1v) is 6.11. The van der Waals surface area contributed by atoms with Crippen molar-refractivity contribution in [2.75, 3.05) is 0 Å². The van der Waals surface area contributed by atoms with Gasteiger partial charge in [-0.25, -0.2) is 0 Å². The van der Waals surface area contributed by atoms with Crippen LogP contribution in [0, 0.1) is 5.41 Å². The molecule has 100 valence electrons. The number of benzene rings is 1. The van der Waals surface area contributed by atoms with Crippen LogP contribution in [-0.2, 0) is 15.0 Å². The van der Waals surface area contributed by atoms with Gasteiger partial charge in [0, 0.05) is 0 Å². The van der Waals surface area contributed by atoms with Gasteiger partial charge in [-0.1, -0.05) is 42.5 Å². The van der Waals surface area contributed by atoms with Crippen LogP contribution in [0.3, 0.4) is 0 Å². The van der Waals surface area contributed by atoms with Gasteiger partial charge in [0.1, 0.15) is 0 Å². The normalized spacial score (nSPS) is 29.9. The number of carbonyl (C=O) groups is 2. The summed E-state index contributed by atoms with van der Waals surface area (Å²) in [6.45, 7) is 1.56. The van der Waals surface area contributed by atoms with Crippen molar-refractivity contribution in [2.24, 2.45) is 5.41 Å². The molecule has 2 rings (SSSR count). The molecule has 0 fully saturated rings. The Bertz CT molecular complexity index is 534. The lowest BCUT2D eigenvalue weighted by molar-refractivity contribution is -0.151. The Morgan fingerprint density at radius 2 is 1.74 bits per heavy atom. The summed E-state index contributed by atoms with van der Waals surface area (Å²) in [4.78, 5) is 23.1. The fourth-order valence-corrected chi connectivity index (χ4v) is 2.69. The van der Waals surface area contributed by atoms with Gasteiger partial charge >= 0.3 is 11.9 Å². The molecule has 4 heteroatoms. The molecular weight excluding hydrogens is 244 g/mol. The van der Waals surface area contributed by atoms with E-state index in [4.69, 9.17) is 0 Å². The van der Waals surface area contributed by atoms with Crippen molar-refractivity contribution in [3.8, 4) is 0 Å². The van der Waals surface area contributed by atoms with Gasteiger partial charge in [0.15, 0.2) is 0 Å². The Labute approximate surface area is 111 Å². The van der Waals surface area contributed by atoms with Gasteiger partial charge < -0.3 is 10.2 Å². The lowest BCUT2D eigenvalue weighted by Gasteiger charge is -2.38. The van der Waals surface area contributed by atoms with Gasteiger partial charge in [-0.05, 0) is 25.3 Å². The third-order valence-electron chi connectivity index (χ3n) is 3.85. The summed E-state index contributed by atoms with van der Waals surface area (Å²) in [5.74, 6) is -1.97. The zero-order valence-corrected chi connectivity index (χ0v) is 10.7. The van der Waals surface area contributed by atoms with Crippen LogP contribution < -0.4 is 0 Å². The van der Waals surface area contributed by atoms with E-state index in [-0.39, 0.29) is 6.42 Å². The lowest BCUT2D eigenvalue weighted by atomic mass is 9.63. The van der Waals surface area contributed by atoms with Gasteiger partial charge in [-0.2, -0.15) is 0 Å². The van der Waals surface area contributed by atoms with Gasteiger partial charge in [0.25, 0.3) is 0 Å². The second-order valence-corrected chi connectivity index (χ2v) is 5.26. The SMILES string of the molecule is CC1(C(=O)O)C=CCC(C(=O)O)(c2ccccc2)C1. The molecule has 4 nitrogen and oxygen atoms in total. The first kappa shape index (κ1) is 13.3. The average molecular weight is 260 g/mol. The standard InChI is InChI=1S/C15H16O4/c1-14(12(16)17)8-5-9-15(10-14,13(18)19)11-6-3-2-4-7-11/h2-8H,9-10H2,1H3,(H,16,17)(H,18,19). The molecule has 0 spiro atoms. The zero-order chi connectivity index (χ0) is 14.1. The predicted octanol–water partition coefficient (Wildman–Crippen LogP) is 2.45. The van der Waals surface area contributed by atoms with Gasteiger partial charge in [0.05, 0.1) is 10.8 Å². The molecule has 1 aromatic carbocycles. The quantitative estimate of drug-likeness (QED) is 0.818. The van der Waals surface area contributed by atoms with E-state index in [1.807, 2.05) is 6.07 Å². The molecule has 2 unspecified atom stereocenters. The summed E-state index contributed by atoms with van der Waals surface area (Å²) >= 11 is 0. The Morgan fingerprint density at radius 1 is 1.11 bits per heavy atom. The van der Waals surface area contributed by atoms with Crippen LogP contribution in [0.25, 0.3) is 0 Å². The summed E-state index contributed by atoms with van der Waals surface area (Å²) in [5.41, 5.74) is -1.66. The molecule has 0 aromatic heterocycles. The Balaban J connectivity index is 2.52. The Hall–Kier alpha value is -2.10. The van der Waals surface area contributed by atoms with Crippen molar-refractivity contribution < 1.29 is 19.8 Å². The molecule has 0 aliphatic heterocycles. The minimum Gasteiger partial charge on any atom is -0.481 e. The highest BCUT2D eigenvalue weighted by Gasteiger charge is 2.49. The van der Waals surface area contributed by atoms with E-state index < -0.39 is 22.8 Å². The highest BCUT2D eigenvalue weighted by Crippen LogP contribution is 2.45. The largest absolute Gasteiger partial charge is 0.481 e. The van der Waals surface area contributed by atoms with Crippen LogP contribution >= 0.6 is 0 Å². The fourth-order valence-electron chi connectivity index (χ4n) is 2.69. The van der Waals surface area contributed by atoms with E-state index in [9.17, 15) is 19.8 Å². The molecule has 0 heterocycles. The maximum absolute atomic E-state index is 11.8. The van der Waals surface area contributed by atoms with Crippen LogP contribution in [0.2, 0.25) is 0 Å². The van der Waals surface area contributed by atoms with Gasteiger partial charge in [-0.3, -0.25) is 9.59 Å². The average Bonchev–Trinajstić information content (AvgIpc) is 2.39. The van der Waals surface area contributed by atoms with Gasteiger partial charge in [-0.15, -0.1) is 0 Å². The van der Waals surface area contributed by atoms with Crippen LogP contribution in [0.4, 0.5) is 0 Å². The van der Waals surface area contributed by atoms with E-state index in [1.165, 1.54) is 0 Å². The smallest absolute Gasteiger partial charge is 0.314 e. The number of allylic oxidation sites excluding steroid dienone is 1. The summed E-state index contributed by atoms with van der Waals surface area (Å²) in [6.07, 6.45) is 3.64. The highest BCUT2D eigenvalue weighted by molar-refractivity contribution is 5.85. The molecule has 2 atom stereocenters. The molecule has 0 amide bonds. The second-order valence-electron chi connectivity index (χ2n) is 5.26. The van der Waals surface area contributed by atoms with Crippen LogP contribution in [0.5, 0.6) is 0 Å². The maximum Gasteiger partial charge on any atom is 0.314 e. The van der Waals surface area contributed by atoms with Crippen LogP contribution in [-0.4, -0.2) is 22.2 Å². The van der Waals surface area contributed by atoms with E-state index in [2.05, 4.69) is 0 Å². The molecule has 0 saturated heterocycles. The third kappa shape index (κ3) is 2.14. The van der Waals surface area contributed by atoms with E-state index in [1.54, 1.807) is 43.3 Å². The number of carboxylic acid groups (broad SMARTS) is 2. The lowest BCUT2D eigenvalue weighted by Crippen LogP contribution is -2.44. The van der Waals surface area contributed by atoms with Crippen molar-refractivity contribution in [3.05, 3.63) is 48.0 Å². The maximum atomic E-state index is 11.8. The summed E-state index contributed by atoms with van der Waals surface area (Å²) in [6, 6.07) is 8.85. The van der Waals surface area contributed by atoms with Crippen LogP contribution in [0.1, 0.15) is 25.3 Å². The minimum absolute atomic E-state index is 0.0607. The van der Waals surface area contributed by atoms with Crippen molar-refractivity contribution >= 4 is 11.9 Å². The number of hydrogen-bond donors (Lipinski definition) is 2. The minimum atomic E-state index is -1.16. The van der Waals surface area contributed by atoms with E-state index in [0.717, 1.165) is 0 Å². The molecule has 19 heavy (non-hydrogen) atoms. The zero-order valence-electron chi connectivity index (χ0n) is 10.7. The topological polar surface area (TPSA) is 74.6 Å². The molecule has 0 radical (unpaired) electrons. The Kier molecular flexibility index (Phi) is 3.18. The Morgan fingerprint density at radius 3 is 2.26 bits per heavy atom. The van der Waals surface area contributed by atoms with Crippen molar-refractivity contribution in [2.45, 2.75) is 25.2 Å². The summed E-state index contributed by atoms with van der Waals surface area (Å²) in [5, 5.41) is 18.9. The number of aliphatic carboxylic acids is 2. The van der Waals surface area contributed by atoms with Crippen molar-refractivity contribution in [1.82, 2.24) is 0 Å². The number of carboxylic acids is 2. The molecule has 2 N–H and O–H groups in total. The molecule has 1 aliphatic carbocycles. The molecule has 1 aromatic rings. The third-order valence-corrected chi connectivity index (χ3v) is 3.85. The second kappa shape index (κ2) is 4.53. The van der Waals surface area contributed by atoms with E-state index in [0.29, 0.717) is 12.0 Å². The monoisotopic (exact) mass is 260 g/mol. The van der Waals surface area contributed by atoms with Gasteiger partial charge in [0.2, 0.25) is 0 Å². The fraction of sp³-hybridized carbons (Fsp3) is 0.333. The first-order valence-electron chi connectivity index (χ1n) is 6.11. The van der Waals surface area contributed by atoms with Crippen molar-refractivity contribution in [3.63, 3.8) is 0 Å². The van der Waals surface area contributed by atoms with E-state index >= 15 is 0 Å². The molecule has 0 saturated carbocycles. The number of rotatable bonds is 3. The molecular formula is C15H16O4.